The number of benzene rings is 1. The Morgan fingerprint density at radius 1 is 1.06 bits per heavy atom. The number of thiazole rings is 1. The van der Waals surface area contributed by atoms with Crippen LogP contribution in [0.15, 0.2) is 35.8 Å². The fourth-order valence-electron chi connectivity index (χ4n) is 2.22. The SMILES string of the molecule is Fc1ccccc1N1CCN(c2nccs2)CC1. The first-order chi connectivity index (χ1) is 8.84. The number of hydrogen-bond acceptors (Lipinski definition) is 4. The van der Waals surface area contributed by atoms with Gasteiger partial charge in [0.15, 0.2) is 5.13 Å². The smallest absolute Gasteiger partial charge is 0.185 e. The molecule has 1 aliphatic heterocycles. The maximum Gasteiger partial charge on any atom is 0.185 e. The van der Waals surface area contributed by atoms with Gasteiger partial charge in [-0.3, -0.25) is 0 Å². The molecular weight excluding hydrogens is 249 g/mol. The van der Waals surface area contributed by atoms with Gasteiger partial charge >= 0.3 is 0 Å². The van der Waals surface area contributed by atoms with E-state index in [0.717, 1.165) is 31.3 Å². The number of rotatable bonds is 2. The van der Waals surface area contributed by atoms with E-state index in [2.05, 4.69) is 14.8 Å². The minimum Gasteiger partial charge on any atom is -0.366 e. The molecular formula is C13H14FN3S. The fourth-order valence-corrected chi connectivity index (χ4v) is 2.92. The summed E-state index contributed by atoms with van der Waals surface area (Å²) >= 11 is 1.65. The van der Waals surface area contributed by atoms with Gasteiger partial charge in [0, 0.05) is 37.8 Å². The molecule has 0 N–H and O–H groups in total. The third-order valence-corrected chi connectivity index (χ3v) is 3.99. The maximum atomic E-state index is 13.7. The molecule has 0 atom stereocenters. The zero-order valence-electron chi connectivity index (χ0n) is 9.92. The minimum atomic E-state index is -0.139. The summed E-state index contributed by atoms with van der Waals surface area (Å²) in [6.45, 7) is 3.45. The Balaban J connectivity index is 1.69. The molecule has 0 saturated carbocycles. The zero-order valence-corrected chi connectivity index (χ0v) is 10.7. The van der Waals surface area contributed by atoms with Crippen molar-refractivity contribution in [1.82, 2.24) is 4.98 Å². The third-order valence-electron chi connectivity index (χ3n) is 3.16. The van der Waals surface area contributed by atoms with Crippen molar-refractivity contribution >= 4 is 22.2 Å². The molecule has 5 heteroatoms. The average molecular weight is 263 g/mol. The van der Waals surface area contributed by atoms with Crippen molar-refractivity contribution in [2.75, 3.05) is 36.0 Å². The Bertz CT molecular complexity index is 507. The molecule has 18 heavy (non-hydrogen) atoms. The molecule has 94 valence electrons. The van der Waals surface area contributed by atoms with Gasteiger partial charge in [0.05, 0.1) is 5.69 Å². The van der Waals surface area contributed by atoms with Gasteiger partial charge in [0.1, 0.15) is 5.82 Å². The third kappa shape index (κ3) is 2.18. The highest BCUT2D eigenvalue weighted by molar-refractivity contribution is 7.13. The molecule has 1 aromatic carbocycles. The van der Waals surface area contributed by atoms with Crippen LogP contribution < -0.4 is 9.80 Å². The summed E-state index contributed by atoms with van der Waals surface area (Å²) in [5.74, 6) is -0.139. The van der Waals surface area contributed by atoms with Crippen LogP contribution >= 0.6 is 11.3 Å². The second-order valence-electron chi connectivity index (χ2n) is 4.24. The second-order valence-corrected chi connectivity index (χ2v) is 5.11. The molecule has 0 amide bonds. The first kappa shape index (κ1) is 11.5. The van der Waals surface area contributed by atoms with E-state index < -0.39 is 0 Å². The van der Waals surface area contributed by atoms with Crippen molar-refractivity contribution in [2.24, 2.45) is 0 Å². The molecule has 0 unspecified atom stereocenters. The summed E-state index contributed by atoms with van der Waals surface area (Å²) in [6.07, 6.45) is 1.82. The maximum absolute atomic E-state index is 13.7. The molecule has 3 nitrogen and oxygen atoms in total. The first-order valence-electron chi connectivity index (χ1n) is 5.98. The van der Waals surface area contributed by atoms with Crippen LogP contribution in [-0.2, 0) is 0 Å². The van der Waals surface area contributed by atoms with E-state index in [-0.39, 0.29) is 5.82 Å². The van der Waals surface area contributed by atoms with Crippen LogP contribution in [0.2, 0.25) is 0 Å². The van der Waals surface area contributed by atoms with Crippen molar-refractivity contribution in [1.29, 1.82) is 0 Å². The van der Waals surface area contributed by atoms with Crippen molar-refractivity contribution in [2.45, 2.75) is 0 Å². The lowest BCUT2D eigenvalue weighted by Gasteiger charge is -2.36. The number of halogens is 1. The van der Waals surface area contributed by atoms with E-state index in [9.17, 15) is 4.39 Å². The number of hydrogen-bond donors (Lipinski definition) is 0. The highest BCUT2D eigenvalue weighted by Gasteiger charge is 2.20. The predicted molar refractivity (Wildman–Crippen MR) is 72.9 cm³/mol. The predicted octanol–water partition coefficient (Wildman–Crippen LogP) is 2.61. The number of aromatic nitrogens is 1. The summed E-state index contributed by atoms with van der Waals surface area (Å²) in [6, 6.07) is 6.97. The minimum absolute atomic E-state index is 0.139. The van der Waals surface area contributed by atoms with Crippen molar-refractivity contribution in [3.63, 3.8) is 0 Å². The van der Waals surface area contributed by atoms with E-state index in [1.807, 2.05) is 23.7 Å². The summed E-state index contributed by atoms with van der Waals surface area (Å²) < 4.78 is 13.7. The van der Waals surface area contributed by atoms with Gasteiger partial charge in [-0.25, -0.2) is 9.37 Å². The Morgan fingerprint density at radius 2 is 1.78 bits per heavy atom. The van der Waals surface area contributed by atoms with Gasteiger partial charge in [0.2, 0.25) is 0 Å². The monoisotopic (exact) mass is 263 g/mol. The van der Waals surface area contributed by atoms with Crippen LogP contribution in [-0.4, -0.2) is 31.2 Å². The van der Waals surface area contributed by atoms with E-state index in [1.54, 1.807) is 17.4 Å². The van der Waals surface area contributed by atoms with Gasteiger partial charge < -0.3 is 9.80 Å². The van der Waals surface area contributed by atoms with Crippen LogP contribution in [0.25, 0.3) is 0 Å². The lowest BCUT2D eigenvalue weighted by atomic mass is 10.2. The molecule has 0 bridgehead atoms. The Hall–Kier alpha value is -1.62. The Kier molecular flexibility index (Phi) is 3.15. The Labute approximate surface area is 109 Å². The van der Waals surface area contributed by atoms with E-state index in [1.165, 1.54) is 6.07 Å². The largest absolute Gasteiger partial charge is 0.366 e. The normalized spacial score (nSPS) is 16.1. The van der Waals surface area contributed by atoms with Crippen LogP contribution in [0.3, 0.4) is 0 Å². The summed E-state index contributed by atoms with van der Waals surface area (Å²) in [7, 11) is 0. The quantitative estimate of drug-likeness (QED) is 0.830. The molecule has 2 heterocycles. The molecule has 0 aliphatic carbocycles. The molecule has 1 fully saturated rings. The molecule has 3 rings (SSSR count). The Morgan fingerprint density at radius 3 is 2.44 bits per heavy atom. The average Bonchev–Trinajstić information content (AvgIpc) is 2.94. The van der Waals surface area contributed by atoms with Crippen LogP contribution in [0.5, 0.6) is 0 Å². The molecule has 1 saturated heterocycles. The summed E-state index contributed by atoms with van der Waals surface area (Å²) in [5, 5.41) is 3.04. The highest BCUT2D eigenvalue weighted by atomic mass is 32.1. The van der Waals surface area contributed by atoms with E-state index >= 15 is 0 Å². The van der Waals surface area contributed by atoms with Crippen molar-refractivity contribution < 1.29 is 4.39 Å². The molecule has 0 radical (unpaired) electrons. The standard InChI is InChI=1S/C13H14FN3S/c14-11-3-1-2-4-12(11)16-6-8-17(9-7-16)13-15-5-10-18-13/h1-5,10H,6-9H2. The first-order valence-corrected chi connectivity index (χ1v) is 6.86. The number of anilines is 2. The summed E-state index contributed by atoms with van der Waals surface area (Å²) in [5.41, 5.74) is 0.705. The van der Waals surface area contributed by atoms with Gasteiger partial charge in [-0.1, -0.05) is 12.1 Å². The van der Waals surface area contributed by atoms with Crippen LogP contribution in [0.4, 0.5) is 15.2 Å². The van der Waals surface area contributed by atoms with E-state index in [0.29, 0.717) is 5.69 Å². The molecule has 1 aromatic heterocycles. The van der Waals surface area contributed by atoms with Gasteiger partial charge in [-0.2, -0.15) is 0 Å². The van der Waals surface area contributed by atoms with Crippen molar-refractivity contribution in [3.8, 4) is 0 Å². The van der Waals surface area contributed by atoms with Gasteiger partial charge in [-0.15, -0.1) is 11.3 Å². The number of para-hydroxylation sites is 1. The fraction of sp³-hybridized carbons (Fsp3) is 0.308. The second kappa shape index (κ2) is 4.94. The molecule has 0 spiro atoms. The number of nitrogens with zero attached hydrogens (tertiary/aromatic N) is 3. The van der Waals surface area contributed by atoms with Gasteiger partial charge in [0.25, 0.3) is 0 Å². The van der Waals surface area contributed by atoms with Crippen molar-refractivity contribution in [3.05, 3.63) is 41.7 Å². The highest BCUT2D eigenvalue weighted by Crippen LogP contribution is 2.23. The zero-order chi connectivity index (χ0) is 12.4. The van der Waals surface area contributed by atoms with Gasteiger partial charge in [-0.05, 0) is 12.1 Å². The van der Waals surface area contributed by atoms with Crippen LogP contribution in [0.1, 0.15) is 0 Å². The number of piperazine rings is 1. The molecule has 1 aliphatic rings. The molecule has 2 aromatic rings. The van der Waals surface area contributed by atoms with E-state index in [4.69, 9.17) is 0 Å². The topological polar surface area (TPSA) is 19.4 Å². The summed E-state index contributed by atoms with van der Waals surface area (Å²) in [4.78, 5) is 8.66. The lowest BCUT2D eigenvalue weighted by Crippen LogP contribution is -2.46. The lowest BCUT2D eigenvalue weighted by molar-refractivity contribution is 0.597. The van der Waals surface area contributed by atoms with Crippen LogP contribution in [0, 0.1) is 5.82 Å².